The number of aliphatic hydroxyl groups is 2. The summed E-state index contributed by atoms with van der Waals surface area (Å²) in [5.74, 6) is 0.781. The van der Waals surface area contributed by atoms with Crippen LogP contribution in [0.2, 0.25) is 0 Å². The van der Waals surface area contributed by atoms with Crippen LogP contribution in [-0.4, -0.2) is 60.6 Å². The second-order valence-corrected chi connectivity index (χ2v) is 4.15. The van der Waals surface area contributed by atoms with E-state index in [1.54, 1.807) is 4.68 Å². The summed E-state index contributed by atoms with van der Waals surface area (Å²) in [5.41, 5.74) is 0. The minimum Gasteiger partial charge on any atom is -0.389 e. The van der Waals surface area contributed by atoms with Crippen molar-refractivity contribution in [3.8, 4) is 0 Å². The Bertz CT molecular complexity index is 332. The molecule has 0 unspecified atom stereocenters. The van der Waals surface area contributed by atoms with E-state index in [2.05, 4.69) is 22.4 Å². The minimum atomic E-state index is -0.657. The molecule has 2 atom stereocenters. The van der Waals surface area contributed by atoms with Gasteiger partial charge in [-0.3, -0.25) is 4.90 Å². The fourth-order valence-corrected chi connectivity index (χ4v) is 1.90. The van der Waals surface area contributed by atoms with E-state index in [4.69, 9.17) is 0 Å². The van der Waals surface area contributed by atoms with Crippen molar-refractivity contribution < 1.29 is 10.2 Å². The molecule has 0 bridgehead atoms. The Morgan fingerprint density at radius 1 is 1.31 bits per heavy atom. The highest BCUT2D eigenvalue weighted by atomic mass is 16.3. The molecule has 0 aliphatic carbocycles. The maximum absolute atomic E-state index is 9.42. The molecule has 2 N–H and O–H groups in total. The fraction of sp³-hybridized carbons (Fsp3) is 0.889. The molecule has 16 heavy (non-hydrogen) atoms. The highest BCUT2D eigenvalue weighted by Gasteiger charge is 2.30. The summed E-state index contributed by atoms with van der Waals surface area (Å²) in [4.78, 5) is 1.95. The van der Waals surface area contributed by atoms with Crippen LogP contribution in [0.3, 0.4) is 0 Å². The lowest BCUT2D eigenvalue weighted by Crippen LogP contribution is -2.24. The Labute approximate surface area is 93.7 Å². The van der Waals surface area contributed by atoms with Gasteiger partial charge in [0.15, 0.2) is 5.82 Å². The molecule has 1 aliphatic heterocycles. The van der Waals surface area contributed by atoms with Gasteiger partial charge in [0.25, 0.3) is 0 Å². The number of aromatic nitrogens is 4. The van der Waals surface area contributed by atoms with Crippen LogP contribution in [0.25, 0.3) is 0 Å². The second kappa shape index (κ2) is 4.86. The smallest absolute Gasteiger partial charge is 0.165 e. The van der Waals surface area contributed by atoms with E-state index in [0.717, 1.165) is 18.8 Å². The quantitative estimate of drug-likeness (QED) is 0.659. The molecule has 0 aromatic carbocycles. The summed E-state index contributed by atoms with van der Waals surface area (Å²) in [7, 11) is 0. The largest absolute Gasteiger partial charge is 0.389 e. The second-order valence-electron chi connectivity index (χ2n) is 4.15. The third-order valence-corrected chi connectivity index (χ3v) is 2.74. The first kappa shape index (κ1) is 11.4. The number of rotatable bonds is 4. The molecule has 2 rings (SSSR count). The lowest BCUT2D eigenvalue weighted by molar-refractivity contribution is 0.0572. The lowest BCUT2D eigenvalue weighted by atomic mass is 10.3. The Balaban J connectivity index is 1.96. The van der Waals surface area contributed by atoms with Crippen LogP contribution in [-0.2, 0) is 13.1 Å². The molecule has 1 saturated heterocycles. The van der Waals surface area contributed by atoms with Gasteiger partial charge in [-0.15, -0.1) is 5.10 Å². The first-order valence-corrected chi connectivity index (χ1v) is 5.54. The van der Waals surface area contributed by atoms with Crippen molar-refractivity contribution in [1.29, 1.82) is 0 Å². The molecule has 90 valence electrons. The summed E-state index contributed by atoms with van der Waals surface area (Å²) in [5, 5.41) is 30.3. The van der Waals surface area contributed by atoms with Gasteiger partial charge in [-0.05, 0) is 16.8 Å². The van der Waals surface area contributed by atoms with Gasteiger partial charge in [0.1, 0.15) is 0 Å². The highest BCUT2D eigenvalue weighted by molar-refractivity contribution is 4.88. The van der Waals surface area contributed by atoms with Gasteiger partial charge in [0.05, 0.1) is 18.8 Å². The summed E-state index contributed by atoms with van der Waals surface area (Å²) < 4.78 is 1.76. The van der Waals surface area contributed by atoms with Crippen LogP contribution < -0.4 is 0 Å². The van der Waals surface area contributed by atoms with Crippen molar-refractivity contribution in [3.63, 3.8) is 0 Å². The number of tetrazole rings is 1. The predicted octanol–water partition coefficient (Wildman–Crippen LogP) is -1.38. The number of β-amino-alcohol motifs (C(OH)–C–C–N with tert-alkyl or cyclic N) is 2. The first-order chi connectivity index (χ1) is 7.70. The first-order valence-electron chi connectivity index (χ1n) is 5.54. The summed E-state index contributed by atoms with van der Waals surface area (Å²) in [6.07, 6.45) is -0.338. The topological polar surface area (TPSA) is 87.3 Å². The Hall–Kier alpha value is -1.05. The number of nitrogens with zero attached hydrogens (tertiary/aromatic N) is 5. The Morgan fingerprint density at radius 3 is 2.62 bits per heavy atom. The standard InChI is InChI=1S/C9H17N5O2/c1-2-3-14-9(10-11-12-14)6-13-4-7(15)8(16)5-13/h7-8,15-16H,2-6H2,1H3/t7-,8+. The number of hydrogen-bond acceptors (Lipinski definition) is 6. The summed E-state index contributed by atoms with van der Waals surface area (Å²) in [6, 6.07) is 0. The monoisotopic (exact) mass is 227 g/mol. The van der Waals surface area contributed by atoms with Gasteiger partial charge < -0.3 is 10.2 Å². The Morgan fingerprint density at radius 2 is 2.00 bits per heavy atom. The number of hydrogen-bond donors (Lipinski definition) is 2. The van der Waals surface area contributed by atoms with Crippen LogP contribution in [0, 0.1) is 0 Å². The van der Waals surface area contributed by atoms with E-state index >= 15 is 0 Å². The van der Waals surface area contributed by atoms with Crippen LogP contribution in [0.5, 0.6) is 0 Å². The molecule has 0 saturated carbocycles. The van der Waals surface area contributed by atoms with E-state index < -0.39 is 12.2 Å². The zero-order valence-corrected chi connectivity index (χ0v) is 9.32. The molecule has 1 aromatic heterocycles. The van der Waals surface area contributed by atoms with Gasteiger partial charge in [0, 0.05) is 19.6 Å². The summed E-state index contributed by atoms with van der Waals surface area (Å²) in [6.45, 7) is 4.37. The molecule has 7 heteroatoms. The predicted molar refractivity (Wildman–Crippen MR) is 55.4 cm³/mol. The van der Waals surface area contributed by atoms with Crippen molar-refractivity contribution in [2.45, 2.75) is 38.6 Å². The van der Waals surface area contributed by atoms with Crippen molar-refractivity contribution in [1.82, 2.24) is 25.1 Å². The van der Waals surface area contributed by atoms with E-state index in [0.29, 0.717) is 19.6 Å². The molecular formula is C9H17N5O2. The molecule has 2 heterocycles. The molecule has 1 aliphatic rings. The lowest BCUT2D eigenvalue weighted by Gasteiger charge is -2.13. The normalized spacial score (nSPS) is 26.4. The molecular weight excluding hydrogens is 210 g/mol. The molecule has 0 radical (unpaired) electrons. The van der Waals surface area contributed by atoms with Gasteiger partial charge in [0.2, 0.25) is 0 Å². The van der Waals surface area contributed by atoms with Crippen molar-refractivity contribution >= 4 is 0 Å². The van der Waals surface area contributed by atoms with Crippen molar-refractivity contribution in [2.24, 2.45) is 0 Å². The maximum Gasteiger partial charge on any atom is 0.165 e. The van der Waals surface area contributed by atoms with Gasteiger partial charge in [-0.2, -0.15) is 0 Å². The third kappa shape index (κ3) is 2.37. The van der Waals surface area contributed by atoms with Crippen molar-refractivity contribution in [2.75, 3.05) is 13.1 Å². The molecule has 1 aromatic rings. The van der Waals surface area contributed by atoms with Crippen LogP contribution in [0.1, 0.15) is 19.2 Å². The number of aryl methyl sites for hydroxylation is 1. The zero-order valence-electron chi connectivity index (χ0n) is 9.32. The zero-order chi connectivity index (χ0) is 11.5. The van der Waals surface area contributed by atoms with E-state index in [1.807, 2.05) is 4.90 Å². The molecule has 1 fully saturated rings. The average molecular weight is 227 g/mol. The van der Waals surface area contributed by atoms with E-state index in [1.165, 1.54) is 0 Å². The molecule has 7 nitrogen and oxygen atoms in total. The maximum atomic E-state index is 9.42. The number of likely N-dealkylation sites (tertiary alicyclic amines) is 1. The van der Waals surface area contributed by atoms with Crippen LogP contribution in [0.4, 0.5) is 0 Å². The summed E-state index contributed by atoms with van der Waals surface area (Å²) >= 11 is 0. The Kier molecular flexibility index (Phi) is 3.47. The van der Waals surface area contributed by atoms with Crippen LogP contribution in [0.15, 0.2) is 0 Å². The minimum absolute atomic E-state index is 0.472. The third-order valence-electron chi connectivity index (χ3n) is 2.74. The average Bonchev–Trinajstić information content (AvgIpc) is 2.77. The van der Waals surface area contributed by atoms with Gasteiger partial charge >= 0.3 is 0 Å². The highest BCUT2D eigenvalue weighted by Crippen LogP contribution is 2.12. The van der Waals surface area contributed by atoms with E-state index in [9.17, 15) is 10.2 Å². The fourth-order valence-electron chi connectivity index (χ4n) is 1.90. The number of aliphatic hydroxyl groups excluding tert-OH is 2. The van der Waals surface area contributed by atoms with Gasteiger partial charge in [-0.1, -0.05) is 6.92 Å². The SMILES string of the molecule is CCCn1nnnc1CN1C[C@@H](O)[C@@H](O)C1. The van der Waals surface area contributed by atoms with Crippen LogP contribution >= 0.6 is 0 Å². The van der Waals surface area contributed by atoms with E-state index in [-0.39, 0.29) is 0 Å². The van der Waals surface area contributed by atoms with Gasteiger partial charge in [-0.25, -0.2) is 4.68 Å². The molecule has 0 spiro atoms. The molecule has 0 amide bonds. The van der Waals surface area contributed by atoms with Crippen molar-refractivity contribution in [3.05, 3.63) is 5.82 Å².